The van der Waals surface area contributed by atoms with Crippen molar-refractivity contribution in [3.63, 3.8) is 0 Å². The highest BCUT2D eigenvalue weighted by Gasteiger charge is 2.69. The molecule has 6 N–H and O–H groups in total. The molecule has 0 heterocycles. The van der Waals surface area contributed by atoms with E-state index < -0.39 is 63.6 Å². The first-order chi connectivity index (χ1) is 17.4. The van der Waals surface area contributed by atoms with E-state index in [1.165, 1.54) is 0 Å². The third kappa shape index (κ3) is 4.47. The molecule has 0 aromatic heterocycles. The number of hydrogen-bond donors (Lipinski definition) is 6. The Bertz CT molecular complexity index is 989. The van der Waals surface area contributed by atoms with E-state index in [4.69, 9.17) is 5.26 Å². The van der Waals surface area contributed by atoms with Crippen molar-refractivity contribution in [1.29, 1.82) is 0 Å². The minimum absolute atomic E-state index is 0.0334. The topological polar surface area (TPSA) is 165 Å². The number of aliphatic hydroxyl groups excluding tert-OH is 3. The van der Waals surface area contributed by atoms with Crippen LogP contribution >= 0.6 is 0 Å². The number of ketones is 1. The molecular weight excluding hydrogens is 492 g/mol. The summed E-state index contributed by atoms with van der Waals surface area (Å²) in [6.07, 6.45) is 1.78. The lowest BCUT2D eigenvalue weighted by atomic mass is 9.45. The minimum Gasteiger partial charge on any atom is -0.390 e. The van der Waals surface area contributed by atoms with Crippen LogP contribution in [0.4, 0.5) is 0 Å². The summed E-state index contributed by atoms with van der Waals surface area (Å²) in [5, 5.41) is 64.6. The summed E-state index contributed by atoms with van der Waals surface area (Å²) in [4.78, 5) is 28.6. The van der Waals surface area contributed by atoms with E-state index >= 15 is 0 Å². The van der Waals surface area contributed by atoms with Gasteiger partial charge < -0.3 is 30.4 Å². The zero-order chi connectivity index (χ0) is 28.5. The number of carbonyl (C=O) groups excluding carboxylic acids is 2. The smallest absolute Gasteiger partial charge is 0.342 e. The van der Waals surface area contributed by atoms with Gasteiger partial charge in [0, 0.05) is 11.3 Å². The molecule has 4 rings (SSSR count). The number of fused-ring (bicyclic) bond motifs is 5. The minimum atomic E-state index is -1.53. The second kappa shape index (κ2) is 9.63. The lowest BCUT2D eigenvalue weighted by Gasteiger charge is -2.60. The number of allylic oxidation sites excluding steroid dienone is 1. The molecule has 3 saturated carbocycles. The predicted octanol–water partition coefficient (Wildman–Crippen LogP) is 2.52. The number of carbonyl (C=O) groups is 2. The Morgan fingerprint density at radius 2 is 1.79 bits per heavy atom. The lowest BCUT2D eigenvalue weighted by molar-refractivity contribution is -0.236. The maximum atomic E-state index is 13.3. The number of rotatable bonds is 7. The van der Waals surface area contributed by atoms with Crippen LogP contribution in [0.2, 0.25) is 0 Å². The zero-order valence-electron chi connectivity index (χ0n) is 23.3. The molecule has 0 saturated heterocycles. The molecule has 0 spiro atoms. The molecule has 0 amide bonds. The van der Waals surface area contributed by atoms with E-state index in [1.807, 2.05) is 27.7 Å². The van der Waals surface area contributed by atoms with E-state index in [0.29, 0.717) is 44.1 Å². The largest absolute Gasteiger partial charge is 0.390 e. The van der Waals surface area contributed by atoms with E-state index in [1.54, 1.807) is 13.0 Å². The normalized spacial score (nSPS) is 43.3. The Morgan fingerprint density at radius 1 is 1.13 bits per heavy atom. The van der Waals surface area contributed by atoms with Gasteiger partial charge in [-0.15, -0.1) is 0 Å². The summed E-state index contributed by atoms with van der Waals surface area (Å²) < 4.78 is 0. The van der Waals surface area contributed by atoms with Crippen LogP contribution in [0.5, 0.6) is 0 Å². The van der Waals surface area contributed by atoms with Gasteiger partial charge in [-0.1, -0.05) is 27.7 Å². The standard InChI is InChI=1S/C29H46O9/c1-25(2,15-24(34)38-37)9-8-23(33)28(5,35)22-7-11-29(36)17-12-19(30)18-13-20(31)21(32)14-26(18,3)16(17)6-10-27(22,29)4/h12,16,18,20-23,31-33,35-37H,6-11,13-15H2,1-5H3/t16-,18-,20+,21-,22-,23+,26+,27+,28+,29?/m0/s1. The average molecular weight is 539 g/mol. The van der Waals surface area contributed by atoms with Gasteiger partial charge in [-0.2, -0.15) is 5.26 Å². The highest BCUT2D eigenvalue weighted by atomic mass is 17.1. The van der Waals surface area contributed by atoms with E-state index in [2.05, 4.69) is 4.89 Å². The molecule has 9 heteroatoms. The molecule has 0 aromatic carbocycles. The molecule has 0 aliphatic heterocycles. The number of hydrogen-bond acceptors (Lipinski definition) is 9. The van der Waals surface area contributed by atoms with Crippen molar-refractivity contribution in [3.8, 4) is 0 Å². The van der Waals surface area contributed by atoms with Crippen molar-refractivity contribution in [2.24, 2.45) is 34.0 Å². The van der Waals surface area contributed by atoms with Gasteiger partial charge in [0.25, 0.3) is 0 Å². The van der Waals surface area contributed by atoms with Gasteiger partial charge in [0.2, 0.25) is 0 Å². The third-order valence-corrected chi connectivity index (χ3v) is 11.3. The van der Waals surface area contributed by atoms with Crippen LogP contribution in [0, 0.1) is 34.0 Å². The summed E-state index contributed by atoms with van der Waals surface area (Å²) in [5.74, 6) is -1.85. The second-order valence-corrected chi connectivity index (χ2v) is 14.2. The van der Waals surface area contributed by atoms with E-state index in [0.717, 1.165) is 0 Å². The Labute approximate surface area is 224 Å². The van der Waals surface area contributed by atoms with E-state index in [-0.39, 0.29) is 31.0 Å². The second-order valence-electron chi connectivity index (χ2n) is 14.2. The first-order valence-corrected chi connectivity index (χ1v) is 14.0. The van der Waals surface area contributed by atoms with Crippen molar-refractivity contribution < 1.29 is 45.3 Å². The van der Waals surface area contributed by atoms with Gasteiger partial charge in [0.1, 0.15) is 0 Å². The quantitative estimate of drug-likeness (QED) is 0.211. The maximum absolute atomic E-state index is 13.3. The molecule has 0 aromatic rings. The fourth-order valence-corrected chi connectivity index (χ4v) is 8.87. The zero-order valence-corrected chi connectivity index (χ0v) is 23.3. The van der Waals surface area contributed by atoms with Crippen LogP contribution in [-0.2, 0) is 14.5 Å². The Hall–Kier alpha value is -1.36. The van der Waals surface area contributed by atoms with E-state index in [9.17, 15) is 35.1 Å². The first-order valence-electron chi connectivity index (χ1n) is 14.0. The lowest BCUT2D eigenvalue weighted by Crippen LogP contribution is -2.62. The Balaban J connectivity index is 1.58. The molecule has 10 atom stereocenters. The van der Waals surface area contributed by atoms with Gasteiger partial charge in [0.15, 0.2) is 5.78 Å². The number of aliphatic hydroxyl groups is 5. The molecular formula is C29H46O9. The Kier molecular flexibility index (Phi) is 7.51. The van der Waals surface area contributed by atoms with Crippen molar-refractivity contribution in [3.05, 3.63) is 11.6 Å². The highest BCUT2D eigenvalue weighted by molar-refractivity contribution is 5.95. The summed E-state index contributed by atoms with van der Waals surface area (Å²) >= 11 is 0. The van der Waals surface area contributed by atoms with Crippen molar-refractivity contribution in [2.75, 3.05) is 0 Å². The third-order valence-electron chi connectivity index (χ3n) is 11.3. The monoisotopic (exact) mass is 538 g/mol. The first kappa shape index (κ1) is 29.6. The van der Waals surface area contributed by atoms with Crippen molar-refractivity contribution in [1.82, 2.24) is 0 Å². The van der Waals surface area contributed by atoms with Gasteiger partial charge in [-0.3, -0.25) is 4.79 Å². The molecule has 1 unspecified atom stereocenters. The van der Waals surface area contributed by atoms with Crippen LogP contribution in [0.15, 0.2) is 11.6 Å². The molecule has 4 aliphatic carbocycles. The van der Waals surface area contributed by atoms with Crippen molar-refractivity contribution >= 4 is 11.8 Å². The van der Waals surface area contributed by atoms with Crippen molar-refractivity contribution in [2.45, 2.75) is 122 Å². The average Bonchev–Trinajstić information content (AvgIpc) is 3.11. The summed E-state index contributed by atoms with van der Waals surface area (Å²) in [6, 6.07) is 0. The molecule has 0 bridgehead atoms. The molecule has 4 aliphatic rings. The van der Waals surface area contributed by atoms with Gasteiger partial charge in [0.05, 0.1) is 35.9 Å². The molecule has 38 heavy (non-hydrogen) atoms. The molecule has 0 radical (unpaired) electrons. The SMILES string of the molecule is CC(C)(CC[C@@H](O)[C@](C)(O)[C@H]1CCC2(O)C3=CC(=O)[C@@H]4C[C@@H](O)[C@@H](O)C[C@]4(C)[C@H]3CC[C@]12C)CC(=O)OO. The fourth-order valence-electron chi connectivity index (χ4n) is 8.87. The van der Waals surface area contributed by atoms with Crippen LogP contribution in [0.3, 0.4) is 0 Å². The molecule has 9 nitrogen and oxygen atoms in total. The summed E-state index contributed by atoms with van der Waals surface area (Å²) in [7, 11) is 0. The van der Waals surface area contributed by atoms with Gasteiger partial charge in [-0.25, -0.2) is 4.79 Å². The predicted molar refractivity (Wildman–Crippen MR) is 137 cm³/mol. The van der Waals surface area contributed by atoms with Crippen LogP contribution in [-0.4, -0.2) is 72.1 Å². The van der Waals surface area contributed by atoms with Gasteiger partial charge >= 0.3 is 5.97 Å². The molecule has 216 valence electrons. The van der Waals surface area contributed by atoms with Crippen LogP contribution < -0.4 is 0 Å². The highest BCUT2D eigenvalue weighted by Crippen LogP contribution is 2.68. The van der Waals surface area contributed by atoms with Gasteiger partial charge in [-0.05, 0) is 92.6 Å². The summed E-state index contributed by atoms with van der Waals surface area (Å²) in [5.41, 5.74) is -4.11. The maximum Gasteiger partial charge on any atom is 0.342 e. The van der Waals surface area contributed by atoms with Crippen LogP contribution in [0.25, 0.3) is 0 Å². The Morgan fingerprint density at radius 3 is 2.42 bits per heavy atom. The molecule has 3 fully saturated rings. The fraction of sp³-hybridized carbons (Fsp3) is 0.862. The van der Waals surface area contributed by atoms with Crippen LogP contribution in [0.1, 0.15) is 92.4 Å². The summed E-state index contributed by atoms with van der Waals surface area (Å²) in [6.45, 7) is 9.20.